The van der Waals surface area contributed by atoms with E-state index in [0.29, 0.717) is 18.1 Å². The third-order valence-electron chi connectivity index (χ3n) is 2.95. The molecule has 0 amide bonds. The standard InChI is InChI=1S/C16H23NO2/c1-13(2)6-4-7-14(3)9-11-19-16(18)15-8-5-10-17-12-15/h5-6,8,10,12,14H,4,7,9,11H2,1-3H3. The fraction of sp³-hybridized carbons (Fsp3) is 0.500. The van der Waals surface area contributed by atoms with Crippen LogP contribution < -0.4 is 0 Å². The molecule has 1 heterocycles. The second-order valence-electron chi connectivity index (χ2n) is 5.13. The van der Waals surface area contributed by atoms with Crippen molar-refractivity contribution < 1.29 is 9.53 Å². The maximum Gasteiger partial charge on any atom is 0.339 e. The zero-order valence-corrected chi connectivity index (χ0v) is 12.1. The maximum atomic E-state index is 11.7. The van der Waals surface area contributed by atoms with Crippen molar-refractivity contribution in [2.75, 3.05) is 6.61 Å². The van der Waals surface area contributed by atoms with Crippen LogP contribution in [0.4, 0.5) is 0 Å². The summed E-state index contributed by atoms with van der Waals surface area (Å²) in [7, 11) is 0. The van der Waals surface area contributed by atoms with Gasteiger partial charge < -0.3 is 4.74 Å². The van der Waals surface area contributed by atoms with Crippen LogP contribution in [0.5, 0.6) is 0 Å². The van der Waals surface area contributed by atoms with E-state index >= 15 is 0 Å². The number of carbonyl (C=O) groups is 1. The highest BCUT2D eigenvalue weighted by Crippen LogP contribution is 2.12. The molecule has 19 heavy (non-hydrogen) atoms. The van der Waals surface area contributed by atoms with Crippen LogP contribution in [0.3, 0.4) is 0 Å². The van der Waals surface area contributed by atoms with Gasteiger partial charge in [-0.15, -0.1) is 0 Å². The molecule has 1 rings (SSSR count). The van der Waals surface area contributed by atoms with Crippen LogP contribution in [-0.4, -0.2) is 17.6 Å². The monoisotopic (exact) mass is 261 g/mol. The van der Waals surface area contributed by atoms with Crippen LogP contribution in [0.2, 0.25) is 0 Å². The van der Waals surface area contributed by atoms with E-state index in [2.05, 4.69) is 31.8 Å². The first-order valence-electron chi connectivity index (χ1n) is 6.80. The van der Waals surface area contributed by atoms with Gasteiger partial charge in [0, 0.05) is 12.4 Å². The number of pyridine rings is 1. The van der Waals surface area contributed by atoms with Crippen LogP contribution in [-0.2, 0) is 4.74 Å². The quantitative estimate of drug-likeness (QED) is 0.550. The van der Waals surface area contributed by atoms with E-state index in [4.69, 9.17) is 4.74 Å². The summed E-state index contributed by atoms with van der Waals surface area (Å²) in [6.07, 6.45) is 8.55. The lowest BCUT2D eigenvalue weighted by Crippen LogP contribution is -2.09. The number of esters is 1. The topological polar surface area (TPSA) is 39.2 Å². The van der Waals surface area contributed by atoms with Crippen molar-refractivity contribution in [1.82, 2.24) is 4.98 Å². The summed E-state index contributed by atoms with van der Waals surface area (Å²) in [6.45, 7) is 6.89. The van der Waals surface area contributed by atoms with E-state index in [9.17, 15) is 4.79 Å². The number of allylic oxidation sites excluding steroid dienone is 2. The van der Waals surface area contributed by atoms with Crippen LogP contribution in [0, 0.1) is 5.92 Å². The Labute approximate surface area is 115 Å². The lowest BCUT2D eigenvalue weighted by atomic mass is 10.0. The molecular weight excluding hydrogens is 238 g/mol. The lowest BCUT2D eigenvalue weighted by molar-refractivity contribution is 0.0483. The zero-order valence-electron chi connectivity index (χ0n) is 12.1. The Kier molecular flexibility index (Phi) is 6.86. The van der Waals surface area contributed by atoms with Crippen molar-refractivity contribution in [3.8, 4) is 0 Å². The minimum atomic E-state index is -0.287. The van der Waals surface area contributed by atoms with Crippen LogP contribution in [0.15, 0.2) is 36.2 Å². The fourth-order valence-corrected chi connectivity index (χ4v) is 1.72. The van der Waals surface area contributed by atoms with Crippen LogP contribution in [0.25, 0.3) is 0 Å². The molecule has 0 spiro atoms. The Bertz CT molecular complexity index is 408. The molecule has 1 unspecified atom stereocenters. The molecule has 3 nitrogen and oxygen atoms in total. The number of ether oxygens (including phenoxy) is 1. The molecule has 0 aliphatic heterocycles. The van der Waals surface area contributed by atoms with Crippen molar-refractivity contribution in [1.29, 1.82) is 0 Å². The molecule has 1 aromatic heterocycles. The smallest absolute Gasteiger partial charge is 0.339 e. The second-order valence-corrected chi connectivity index (χ2v) is 5.13. The molecule has 0 aromatic carbocycles. The van der Waals surface area contributed by atoms with Gasteiger partial charge in [0.25, 0.3) is 0 Å². The van der Waals surface area contributed by atoms with E-state index < -0.39 is 0 Å². The van der Waals surface area contributed by atoms with Crippen molar-refractivity contribution >= 4 is 5.97 Å². The van der Waals surface area contributed by atoms with Crippen LogP contribution in [0.1, 0.15) is 50.4 Å². The highest BCUT2D eigenvalue weighted by Gasteiger charge is 2.07. The summed E-state index contributed by atoms with van der Waals surface area (Å²) < 4.78 is 5.23. The third kappa shape index (κ3) is 6.75. The van der Waals surface area contributed by atoms with Gasteiger partial charge in [0.15, 0.2) is 0 Å². The Morgan fingerprint density at radius 2 is 2.21 bits per heavy atom. The second kappa shape index (κ2) is 8.46. The molecule has 0 aliphatic carbocycles. The number of nitrogens with zero attached hydrogens (tertiary/aromatic N) is 1. The normalized spacial score (nSPS) is 11.7. The Hall–Kier alpha value is -1.64. The largest absolute Gasteiger partial charge is 0.462 e. The summed E-state index contributed by atoms with van der Waals surface area (Å²) in [6, 6.07) is 3.45. The number of aromatic nitrogens is 1. The van der Waals surface area contributed by atoms with Crippen molar-refractivity contribution in [3.05, 3.63) is 41.7 Å². The molecule has 1 aromatic rings. The van der Waals surface area contributed by atoms with Gasteiger partial charge >= 0.3 is 5.97 Å². The zero-order chi connectivity index (χ0) is 14.1. The van der Waals surface area contributed by atoms with Crippen molar-refractivity contribution in [3.63, 3.8) is 0 Å². The molecular formula is C16H23NO2. The predicted molar refractivity (Wildman–Crippen MR) is 77.0 cm³/mol. The Morgan fingerprint density at radius 3 is 2.84 bits per heavy atom. The molecule has 0 radical (unpaired) electrons. The predicted octanol–water partition coefficient (Wildman–Crippen LogP) is 4.01. The van der Waals surface area contributed by atoms with E-state index in [1.54, 1.807) is 18.3 Å². The van der Waals surface area contributed by atoms with Gasteiger partial charge in [-0.3, -0.25) is 4.98 Å². The summed E-state index contributed by atoms with van der Waals surface area (Å²) in [5.41, 5.74) is 1.87. The molecule has 3 heteroatoms. The highest BCUT2D eigenvalue weighted by atomic mass is 16.5. The summed E-state index contributed by atoms with van der Waals surface area (Å²) in [5, 5.41) is 0. The van der Waals surface area contributed by atoms with Gasteiger partial charge in [0.05, 0.1) is 12.2 Å². The molecule has 1 atom stereocenters. The fourth-order valence-electron chi connectivity index (χ4n) is 1.72. The maximum absolute atomic E-state index is 11.7. The SMILES string of the molecule is CC(C)=CCCC(C)CCOC(=O)c1cccnc1. The van der Waals surface area contributed by atoms with Gasteiger partial charge in [-0.25, -0.2) is 4.79 Å². The lowest BCUT2D eigenvalue weighted by Gasteiger charge is -2.10. The van der Waals surface area contributed by atoms with E-state index in [-0.39, 0.29) is 5.97 Å². The first kappa shape index (κ1) is 15.4. The van der Waals surface area contributed by atoms with Gasteiger partial charge in [-0.1, -0.05) is 18.6 Å². The van der Waals surface area contributed by atoms with Gasteiger partial charge in [0.1, 0.15) is 0 Å². The number of rotatable bonds is 7. The molecule has 0 N–H and O–H groups in total. The summed E-state index contributed by atoms with van der Waals surface area (Å²) >= 11 is 0. The minimum Gasteiger partial charge on any atom is -0.462 e. The van der Waals surface area contributed by atoms with Gasteiger partial charge in [-0.05, 0) is 51.2 Å². The Balaban J connectivity index is 2.20. The van der Waals surface area contributed by atoms with Crippen molar-refractivity contribution in [2.24, 2.45) is 5.92 Å². The molecule has 104 valence electrons. The molecule has 0 fully saturated rings. The van der Waals surface area contributed by atoms with E-state index in [0.717, 1.165) is 19.3 Å². The molecule has 0 saturated carbocycles. The number of carbonyl (C=O) groups excluding carboxylic acids is 1. The first-order chi connectivity index (χ1) is 9.09. The number of hydrogen-bond acceptors (Lipinski definition) is 3. The Morgan fingerprint density at radius 1 is 1.42 bits per heavy atom. The molecule has 0 saturated heterocycles. The van der Waals surface area contributed by atoms with Gasteiger partial charge in [-0.2, -0.15) is 0 Å². The van der Waals surface area contributed by atoms with Crippen LogP contribution >= 0.6 is 0 Å². The average Bonchev–Trinajstić information content (AvgIpc) is 2.39. The molecule has 0 bridgehead atoms. The van der Waals surface area contributed by atoms with E-state index in [1.807, 2.05) is 0 Å². The van der Waals surface area contributed by atoms with Crippen molar-refractivity contribution in [2.45, 2.75) is 40.0 Å². The van der Waals surface area contributed by atoms with E-state index in [1.165, 1.54) is 11.8 Å². The average molecular weight is 261 g/mol. The highest BCUT2D eigenvalue weighted by molar-refractivity contribution is 5.88. The van der Waals surface area contributed by atoms with Gasteiger partial charge in [0.2, 0.25) is 0 Å². The minimum absolute atomic E-state index is 0.287. The first-order valence-corrected chi connectivity index (χ1v) is 6.80. The third-order valence-corrected chi connectivity index (χ3v) is 2.95. The number of hydrogen-bond donors (Lipinski definition) is 0. The summed E-state index contributed by atoms with van der Waals surface area (Å²) in [5.74, 6) is 0.280. The molecule has 0 aliphatic rings. The summed E-state index contributed by atoms with van der Waals surface area (Å²) in [4.78, 5) is 15.6.